The van der Waals surface area contributed by atoms with Crippen molar-refractivity contribution in [3.05, 3.63) is 72.4 Å². The van der Waals surface area contributed by atoms with E-state index in [0.717, 1.165) is 6.42 Å². The van der Waals surface area contributed by atoms with Crippen LogP contribution in [0.4, 0.5) is 0 Å². The van der Waals surface area contributed by atoms with Crippen LogP contribution < -0.4 is 0 Å². The average Bonchev–Trinajstić information content (AvgIpc) is 2.42. The Hall–Kier alpha value is -2.09. The lowest BCUT2D eigenvalue weighted by molar-refractivity contribution is -0.136. The van der Waals surface area contributed by atoms with Crippen LogP contribution in [0.2, 0.25) is 0 Å². The molecule has 0 N–H and O–H groups in total. The molecule has 0 radical (unpaired) electrons. The van der Waals surface area contributed by atoms with Crippen LogP contribution in [0.1, 0.15) is 12.0 Å². The van der Waals surface area contributed by atoms with Crippen molar-refractivity contribution in [1.29, 1.82) is 0 Å². The Labute approximate surface area is 108 Å². The molecule has 18 heavy (non-hydrogen) atoms. The van der Waals surface area contributed by atoms with Crippen molar-refractivity contribution in [2.24, 2.45) is 0 Å². The van der Waals surface area contributed by atoms with Gasteiger partial charge in [-0.15, -0.1) is 0 Å². The molecule has 2 nitrogen and oxygen atoms in total. The summed E-state index contributed by atoms with van der Waals surface area (Å²) in [6.45, 7) is 3.64. The molecule has 1 aromatic carbocycles. The van der Waals surface area contributed by atoms with Gasteiger partial charge in [-0.3, -0.25) is 0 Å². The zero-order valence-corrected chi connectivity index (χ0v) is 10.6. The number of ether oxygens (including phenoxy) is 1. The number of benzene rings is 1. The van der Waals surface area contributed by atoms with E-state index in [0.29, 0.717) is 12.0 Å². The molecule has 1 rings (SSSR count). The molecule has 0 aliphatic rings. The molecular formula is C16H18O2. The van der Waals surface area contributed by atoms with Crippen LogP contribution in [0.15, 0.2) is 66.8 Å². The van der Waals surface area contributed by atoms with Crippen LogP contribution in [0, 0.1) is 0 Å². The van der Waals surface area contributed by atoms with E-state index >= 15 is 0 Å². The summed E-state index contributed by atoms with van der Waals surface area (Å²) < 4.78 is 4.56. The molecule has 0 aromatic heterocycles. The zero-order chi connectivity index (χ0) is 13.2. The summed E-state index contributed by atoms with van der Waals surface area (Å²) in [5.41, 5.74) is 1.74. The monoisotopic (exact) mass is 242 g/mol. The first-order valence-electron chi connectivity index (χ1n) is 5.85. The van der Waals surface area contributed by atoms with Gasteiger partial charge in [0.15, 0.2) is 0 Å². The maximum atomic E-state index is 11.0. The Morgan fingerprint density at radius 1 is 1.22 bits per heavy atom. The highest BCUT2D eigenvalue weighted by molar-refractivity contribution is 5.87. The van der Waals surface area contributed by atoms with E-state index in [1.165, 1.54) is 12.7 Å². The van der Waals surface area contributed by atoms with Crippen molar-refractivity contribution < 1.29 is 9.53 Å². The molecule has 0 fully saturated rings. The van der Waals surface area contributed by atoms with Gasteiger partial charge in [0.1, 0.15) is 0 Å². The molecule has 0 amide bonds. The van der Waals surface area contributed by atoms with Gasteiger partial charge in [0, 0.05) is 5.57 Å². The summed E-state index contributed by atoms with van der Waals surface area (Å²) in [6, 6.07) is 10.2. The van der Waals surface area contributed by atoms with Crippen molar-refractivity contribution >= 4 is 5.97 Å². The van der Waals surface area contributed by atoms with Gasteiger partial charge in [-0.2, -0.15) is 0 Å². The fraction of sp³-hybridized carbons (Fsp3) is 0.188. The van der Waals surface area contributed by atoms with Crippen molar-refractivity contribution in [2.45, 2.75) is 12.8 Å². The van der Waals surface area contributed by atoms with E-state index in [9.17, 15) is 4.79 Å². The second-order valence-corrected chi connectivity index (χ2v) is 3.85. The number of hydrogen-bond acceptors (Lipinski definition) is 2. The van der Waals surface area contributed by atoms with E-state index in [2.05, 4.69) is 29.5 Å². The second-order valence-electron chi connectivity index (χ2n) is 3.85. The number of carbonyl (C=O) groups is 1. The van der Waals surface area contributed by atoms with E-state index in [1.54, 1.807) is 0 Å². The SMILES string of the molecule is C=C(CC=CC=CCc1ccccc1)C(=O)OC. The quantitative estimate of drug-likeness (QED) is 0.434. The van der Waals surface area contributed by atoms with Crippen LogP contribution in [0.25, 0.3) is 0 Å². The summed E-state index contributed by atoms with van der Waals surface area (Å²) in [4.78, 5) is 11.0. The molecule has 0 saturated carbocycles. The third kappa shape index (κ3) is 5.30. The second kappa shape index (κ2) is 8.07. The fourth-order valence-corrected chi connectivity index (χ4v) is 1.41. The molecule has 0 spiro atoms. The van der Waals surface area contributed by atoms with Gasteiger partial charge in [0.25, 0.3) is 0 Å². The number of allylic oxidation sites excluding steroid dienone is 4. The van der Waals surface area contributed by atoms with Crippen LogP contribution in [-0.4, -0.2) is 13.1 Å². The molecule has 0 saturated heterocycles. The van der Waals surface area contributed by atoms with Crippen molar-refractivity contribution in [2.75, 3.05) is 7.11 Å². The van der Waals surface area contributed by atoms with Gasteiger partial charge in [-0.25, -0.2) is 4.79 Å². The Morgan fingerprint density at radius 2 is 1.89 bits per heavy atom. The number of carbonyl (C=O) groups excluding carboxylic acids is 1. The van der Waals surface area contributed by atoms with Gasteiger partial charge >= 0.3 is 5.97 Å². The number of rotatable bonds is 6. The van der Waals surface area contributed by atoms with Crippen LogP contribution in [0.3, 0.4) is 0 Å². The van der Waals surface area contributed by atoms with Gasteiger partial charge in [-0.05, 0) is 18.4 Å². The summed E-state index contributed by atoms with van der Waals surface area (Å²) in [5.74, 6) is -0.354. The van der Waals surface area contributed by atoms with Crippen molar-refractivity contribution in [3.63, 3.8) is 0 Å². The van der Waals surface area contributed by atoms with Gasteiger partial charge in [0.2, 0.25) is 0 Å². The molecule has 0 heterocycles. The largest absolute Gasteiger partial charge is 0.466 e. The Bertz CT molecular complexity index is 441. The van der Waals surface area contributed by atoms with Gasteiger partial charge in [0.05, 0.1) is 7.11 Å². The predicted octanol–water partition coefficient (Wildman–Crippen LogP) is 3.46. The van der Waals surface area contributed by atoms with Gasteiger partial charge < -0.3 is 4.74 Å². The third-order valence-electron chi connectivity index (χ3n) is 2.42. The molecule has 0 atom stereocenters. The standard InChI is InChI=1S/C16H18O2/c1-14(16(17)18-2)10-6-3-4-7-11-15-12-8-5-9-13-15/h3-9,12-13H,1,10-11H2,2H3. The third-order valence-corrected chi connectivity index (χ3v) is 2.42. The summed E-state index contributed by atoms with van der Waals surface area (Å²) in [5, 5.41) is 0. The molecule has 0 aliphatic carbocycles. The lowest BCUT2D eigenvalue weighted by atomic mass is 10.1. The minimum Gasteiger partial charge on any atom is -0.466 e. The van der Waals surface area contributed by atoms with E-state index in [-0.39, 0.29) is 5.97 Å². The normalized spacial score (nSPS) is 10.9. The highest BCUT2D eigenvalue weighted by Gasteiger charge is 2.02. The van der Waals surface area contributed by atoms with Crippen LogP contribution in [-0.2, 0) is 16.0 Å². The number of hydrogen-bond donors (Lipinski definition) is 0. The first kappa shape index (κ1) is 14.0. The average molecular weight is 242 g/mol. The van der Waals surface area contributed by atoms with E-state index < -0.39 is 0 Å². The number of methoxy groups -OCH3 is 1. The van der Waals surface area contributed by atoms with Crippen LogP contribution in [0.5, 0.6) is 0 Å². The molecule has 1 aromatic rings. The molecule has 0 bridgehead atoms. The minimum atomic E-state index is -0.354. The maximum absolute atomic E-state index is 11.0. The van der Waals surface area contributed by atoms with E-state index in [4.69, 9.17) is 0 Å². The van der Waals surface area contributed by atoms with E-state index in [1.807, 2.05) is 36.4 Å². The van der Waals surface area contributed by atoms with Crippen molar-refractivity contribution in [1.82, 2.24) is 0 Å². The van der Waals surface area contributed by atoms with Crippen molar-refractivity contribution in [3.8, 4) is 0 Å². The predicted molar refractivity (Wildman–Crippen MR) is 74.2 cm³/mol. The highest BCUT2D eigenvalue weighted by Crippen LogP contribution is 2.02. The maximum Gasteiger partial charge on any atom is 0.333 e. The first-order chi connectivity index (χ1) is 8.74. The molecular weight excluding hydrogens is 224 g/mol. The molecule has 0 unspecified atom stereocenters. The first-order valence-corrected chi connectivity index (χ1v) is 5.85. The van der Waals surface area contributed by atoms with Crippen LogP contribution >= 0.6 is 0 Å². The van der Waals surface area contributed by atoms with Gasteiger partial charge in [-0.1, -0.05) is 61.2 Å². The smallest absolute Gasteiger partial charge is 0.333 e. The molecule has 94 valence electrons. The Morgan fingerprint density at radius 3 is 2.56 bits per heavy atom. The number of esters is 1. The zero-order valence-electron chi connectivity index (χ0n) is 10.6. The summed E-state index contributed by atoms with van der Waals surface area (Å²) in [6.07, 6.45) is 9.27. The minimum absolute atomic E-state index is 0.354. The molecule has 2 heteroatoms. The lowest BCUT2D eigenvalue weighted by Gasteiger charge is -1.97. The topological polar surface area (TPSA) is 26.3 Å². The Kier molecular flexibility index (Phi) is 6.26. The lowest BCUT2D eigenvalue weighted by Crippen LogP contribution is -2.02. The summed E-state index contributed by atoms with van der Waals surface area (Å²) in [7, 11) is 1.36. The molecule has 0 aliphatic heterocycles. The highest BCUT2D eigenvalue weighted by atomic mass is 16.5. The Balaban J connectivity index is 2.28. The summed E-state index contributed by atoms with van der Waals surface area (Å²) >= 11 is 0. The fourth-order valence-electron chi connectivity index (χ4n) is 1.41.